The van der Waals surface area contributed by atoms with Crippen molar-refractivity contribution in [3.8, 4) is 11.5 Å². The van der Waals surface area contributed by atoms with Crippen LogP contribution in [0.2, 0.25) is 0 Å². The molecule has 1 heterocycles. The Morgan fingerprint density at radius 1 is 1.00 bits per heavy atom. The monoisotopic (exact) mass is 311 g/mol. The lowest BCUT2D eigenvalue weighted by Gasteiger charge is -2.07. The highest BCUT2D eigenvalue weighted by Crippen LogP contribution is 2.17. The number of esters is 1. The molecule has 3 aromatic rings. The number of ether oxygens (including phenoxy) is 3. The molecule has 0 fully saturated rings. The summed E-state index contributed by atoms with van der Waals surface area (Å²) >= 11 is 0. The van der Waals surface area contributed by atoms with E-state index in [9.17, 15) is 4.79 Å². The average molecular weight is 311 g/mol. The molecule has 0 aliphatic rings. The number of fused-ring (bicyclic) bond motifs is 1. The first-order valence-corrected chi connectivity index (χ1v) is 7.28. The normalized spacial score (nSPS) is 10.5. The first kappa shape index (κ1) is 15.0. The summed E-state index contributed by atoms with van der Waals surface area (Å²) in [6, 6.07) is 16.7. The summed E-state index contributed by atoms with van der Waals surface area (Å²) < 4.78 is 15.8. The lowest BCUT2D eigenvalue weighted by atomic mass is 10.2. The number of carbonyl (C=O) groups is 1. The summed E-state index contributed by atoms with van der Waals surface area (Å²) in [5.41, 5.74) is 1.35. The Kier molecular flexibility index (Phi) is 4.47. The molecule has 3 rings (SSSR count). The molecule has 0 atom stereocenters. The van der Waals surface area contributed by atoms with Gasteiger partial charge in [0.1, 0.15) is 30.4 Å². The molecule has 2 aromatic carbocycles. The second-order valence-corrected chi connectivity index (χ2v) is 4.93. The van der Waals surface area contributed by atoms with E-state index in [0.29, 0.717) is 11.4 Å². The van der Waals surface area contributed by atoms with Gasteiger partial charge in [0.25, 0.3) is 0 Å². The fourth-order valence-corrected chi connectivity index (χ4v) is 2.23. The van der Waals surface area contributed by atoms with Crippen molar-refractivity contribution >= 4 is 16.9 Å². The first-order chi connectivity index (χ1) is 11.3. The van der Waals surface area contributed by atoms with Gasteiger partial charge in [-0.1, -0.05) is 18.2 Å². The molecule has 0 saturated carbocycles. The van der Waals surface area contributed by atoms with Crippen LogP contribution in [0.1, 0.15) is 10.5 Å². The van der Waals surface area contributed by atoms with Crippen LogP contribution in [0, 0.1) is 0 Å². The van der Waals surface area contributed by atoms with Gasteiger partial charge in [0, 0.05) is 10.9 Å². The minimum absolute atomic E-state index is 0.181. The zero-order valence-electron chi connectivity index (χ0n) is 12.7. The van der Waals surface area contributed by atoms with Gasteiger partial charge in [0.05, 0.1) is 7.11 Å². The fraction of sp³-hybridized carbons (Fsp3) is 0.167. The van der Waals surface area contributed by atoms with Gasteiger partial charge in [-0.05, 0) is 36.4 Å². The van der Waals surface area contributed by atoms with Gasteiger partial charge in [0.2, 0.25) is 0 Å². The molecule has 1 N–H and O–H groups in total. The highest BCUT2D eigenvalue weighted by Gasteiger charge is 2.10. The van der Waals surface area contributed by atoms with E-state index in [4.69, 9.17) is 14.2 Å². The van der Waals surface area contributed by atoms with E-state index in [1.807, 2.05) is 36.4 Å². The molecule has 0 radical (unpaired) electrons. The second kappa shape index (κ2) is 6.87. The fourth-order valence-electron chi connectivity index (χ4n) is 2.23. The average Bonchev–Trinajstić information content (AvgIpc) is 3.03. The number of carbonyl (C=O) groups excluding carboxylic acids is 1. The van der Waals surface area contributed by atoms with Crippen LogP contribution >= 0.6 is 0 Å². The van der Waals surface area contributed by atoms with E-state index in [1.165, 1.54) is 0 Å². The summed E-state index contributed by atoms with van der Waals surface area (Å²) in [5, 5.41) is 0.980. The molecule has 5 heteroatoms. The maximum atomic E-state index is 12.0. The Bertz CT molecular complexity index is 759. The highest BCUT2D eigenvalue weighted by atomic mass is 16.6. The molecular weight excluding hydrogens is 294 g/mol. The van der Waals surface area contributed by atoms with Crippen LogP contribution in [0.4, 0.5) is 0 Å². The van der Waals surface area contributed by atoms with Crippen molar-refractivity contribution in [2.24, 2.45) is 0 Å². The number of H-pyrrole nitrogens is 1. The van der Waals surface area contributed by atoms with Gasteiger partial charge in [-0.25, -0.2) is 4.79 Å². The smallest absolute Gasteiger partial charge is 0.354 e. The molecule has 5 nitrogen and oxygen atoms in total. The number of aromatic amines is 1. The number of rotatable bonds is 6. The molecule has 118 valence electrons. The van der Waals surface area contributed by atoms with Crippen LogP contribution in [0.5, 0.6) is 11.5 Å². The minimum Gasteiger partial charge on any atom is -0.497 e. The van der Waals surface area contributed by atoms with Crippen LogP contribution in [-0.2, 0) is 4.74 Å². The maximum Gasteiger partial charge on any atom is 0.354 e. The SMILES string of the molecule is COc1ccc(OCCOC(=O)c2cc3ccccc3[nH]2)cc1. The van der Waals surface area contributed by atoms with Crippen LogP contribution in [0.3, 0.4) is 0 Å². The Balaban J connectivity index is 1.48. The number of hydrogen-bond acceptors (Lipinski definition) is 4. The predicted octanol–water partition coefficient (Wildman–Crippen LogP) is 3.41. The van der Waals surface area contributed by atoms with Crippen LogP contribution in [-0.4, -0.2) is 31.3 Å². The van der Waals surface area contributed by atoms with Crippen LogP contribution < -0.4 is 9.47 Å². The minimum atomic E-state index is -0.389. The lowest BCUT2D eigenvalue weighted by molar-refractivity contribution is 0.0445. The third kappa shape index (κ3) is 3.63. The maximum absolute atomic E-state index is 12.0. The van der Waals surface area contributed by atoms with E-state index in [1.54, 1.807) is 25.3 Å². The Morgan fingerprint density at radius 3 is 2.48 bits per heavy atom. The molecule has 0 saturated heterocycles. The quantitative estimate of drug-likeness (QED) is 0.560. The van der Waals surface area contributed by atoms with Crippen molar-refractivity contribution in [2.75, 3.05) is 20.3 Å². The third-order valence-electron chi connectivity index (χ3n) is 3.39. The Hall–Kier alpha value is -2.95. The van der Waals surface area contributed by atoms with Crippen LogP contribution in [0.15, 0.2) is 54.6 Å². The predicted molar refractivity (Wildman–Crippen MR) is 87.1 cm³/mol. The largest absolute Gasteiger partial charge is 0.497 e. The number of hydrogen-bond donors (Lipinski definition) is 1. The number of aromatic nitrogens is 1. The summed E-state index contributed by atoms with van der Waals surface area (Å²) in [7, 11) is 1.61. The van der Waals surface area contributed by atoms with Gasteiger partial charge in [-0.2, -0.15) is 0 Å². The Morgan fingerprint density at radius 2 is 1.74 bits per heavy atom. The molecule has 0 unspecified atom stereocenters. The highest BCUT2D eigenvalue weighted by molar-refractivity contribution is 5.94. The summed E-state index contributed by atoms with van der Waals surface area (Å²) in [6.45, 7) is 0.471. The number of benzene rings is 2. The van der Waals surface area contributed by atoms with Gasteiger partial charge in [-0.15, -0.1) is 0 Å². The van der Waals surface area contributed by atoms with Crippen molar-refractivity contribution in [1.29, 1.82) is 0 Å². The molecule has 0 aliphatic heterocycles. The molecular formula is C18H17NO4. The van der Waals surface area contributed by atoms with Crippen molar-refractivity contribution in [2.45, 2.75) is 0 Å². The Labute approximate surface area is 133 Å². The summed E-state index contributed by atoms with van der Waals surface area (Å²) in [6.07, 6.45) is 0. The summed E-state index contributed by atoms with van der Waals surface area (Å²) in [5.74, 6) is 1.08. The summed E-state index contributed by atoms with van der Waals surface area (Å²) in [4.78, 5) is 15.0. The molecule has 1 aromatic heterocycles. The molecule has 0 amide bonds. The van der Waals surface area contributed by atoms with Gasteiger partial charge >= 0.3 is 5.97 Å². The molecule has 0 aliphatic carbocycles. The standard InChI is InChI=1S/C18H17NO4/c1-21-14-6-8-15(9-7-14)22-10-11-23-18(20)17-12-13-4-2-3-5-16(13)19-17/h2-9,12,19H,10-11H2,1H3. The number of nitrogens with one attached hydrogen (secondary N) is 1. The lowest BCUT2D eigenvalue weighted by Crippen LogP contribution is -2.12. The van der Waals surface area contributed by atoms with Crippen molar-refractivity contribution in [3.05, 3.63) is 60.3 Å². The zero-order chi connectivity index (χ0) is 16.1. The van der Waals surface area contributed by atoms with Gasteiger partial charge < -0.3 is 19.2 Å². The number of para-hydroxylation sites is 1. The van der Waals surface area contributed by atoms with Crippen LogP contribution in [0.25, 0.3) is 10.9 Å². The van der Waals surface area contributed by atoms with E-state index >= 15 is 0 Å². The van der Waals surface area contributed by atoms with E-state index in [0.717, 1.165) is 16.7 Å². The first-order valence-electron chi connectivity index (χ1n) is 7.28. The van der Waals surface area contributed by atoms with Crippen molar-refractivity contribution in [3.63, 3.8) is 0 Å². The topological polar surface area (TPSA) is 60.6 Å². The van der Waals surface area contributed by atoms with E-state index < -0.39 is 0 Å². The third-order valence-corrected chi connectivity index (χ3v) is 3.39. The van der Waals surface area contributed by atoms with E-state index in [-0.39, 0.29) is 19.2 Å². The van der Waals surface area contributed by atoms with Crippen molar-refractivity contribution < 1.29 is 19.0 Å². The molecule has 0 spiro atoms. The molecule has 23 heavy (non-hydrogen) atoms. The van der Waals surface area contributed by atoms with Gasteiger partial charge in [-0.3, -0.25) is 0 Å². The van der Waals surface area contributed by atoms with Crippen molar-refractivity contribution in [1.82, 2.24) is 4.98 Å². The molecule has 0 bridgehead atoms. The second-order valence-electron chi connectivity index (χ2n) is 4.93. The zero-order valence-corrected chi connectivity index (χ0v) is 12.7. The number of methoxy groups -OCH3 is 1. The van der Waals surface area contributed by atoms with Gasteiger partial charge in [0.15, 0.2) is 0 Å². The van der Waals surface area contributed by atoms with E-state index in [2.05, 4.69) is 4.98 Å².